The molecule has 2 N–H and O–H groups in total. The van der Waals surface area contributed by atoms with Crippen LogP contribution in [0, 0.1) is 25.2 Å². The summed E-state index contributed by atoms with van der Waals surface area (Å²) < 4.78 is 22.7. The monoisotopic (exact) mass is 374 g/mol. The van der Waals surface area contributed by atoms with E-state index in [1.165, 1.54) is 18.3 Å². The second-order valence-corrected chi connectivity index (χ2v) is 7.84. The van der Waals surface area contributed by atoms with Gasteiger partial charge in [-0.05, 0) is 43.5 Å². The molecule has 0 aliphatic rings. The summed E-state index contributed by atoms with van der Waals surface area (Å²) in [5, 5.41) is 11.6. The fraction of sp³-hybridized carbons (Fsp3) is 0.294. The smallest absolute Gasteiger partial charge is 0.266 e. The van der Waals surface area contributed by atoms with Gasteiger partial charge in [-0.3, -0.25) is 9.59 Å². The van der Waals surface area contributed by atoms with Crippen LogP contribution in [-0.4, -0.2) is 30.5 Å². The average molecular weight is 374 g/mol. The van der Waals surface area contributed by atoms with Crippen molar-refractivity contribution in [2.24, 2.45) is 0 Å². The first-order valence-electron chi connectivity index (χ1n) is 7.72. The van der Waals surface area contributed by atoms with Crippen molar-refractivity contribution >= 4 is 21.4 Å². The standard InChI is InChI=1S/C17H18N4O4S/c1-10-13(11(2)20-17(23)14(10)8-18)5-6-15(22)21-12-4-7-16(19-9-12)26(3,24)25/h4,7,9H,5-6H2,1-3H3,(H,20,23)(H,21,22). The number of hydrogen-bond donors (Lipinski definition) is 2. The summed E-state index contributed by atoms with van der Waals surface area (Å²) in [6.45, 7) is 3.40. The number of carbonyl (C=O) groups excluding carboxylic acids is 1. The van der Waals surface area contributed by atoms with Crippen molar-refractivity contribution in [3.05, 3.63) is 51.1 Å². The molecule has 0 saturated carbocycles. The van der Waals surface area contributed by atoms with Gasteiger partial charge in [-0.25, -0.2) is 13.4 Å². The van der Waals surface area contributed by atoms with Crippen molar-refractivity contribution in [1.29, 1.82) is 5.26 Å². The van der Waals surface area contributed by atoms with Crippen LogP contribution in [0.25, 0.3) is 0 Å². The van der Waals surface area contributed by atoms with Crippen molar-refractivity contribution in [3.63, 3.8) is 0 Å². The molecule has 2 rings (SSSR count). The number of aromatic amines is 1. The van der Waals surface area contributed by atoms with Gasteiger partial charge >= 0.3 is 0 Å². The average Bonchev–Trinajstić information content (AvgIpc) is 2.54. The van der Waals surface area contributed by atoms with Crippen molar-refractivity contribution in [2.75, 3.05) is 11.6 Å². The van der Waals surface area contributed by atoms with Crippen LogP contribution in [0.5, 0.6) is 0 Å². The van der Waals surface area contributed by atoms with Gasteiger partial charge in [0.15, 0.2) is 14.9 Å². The van der Waals surface area contributed by atoms with Crippen LogP contribution in [-0.2, 0) is 21.1 Å². The van der Waals surface area contributed by atoms with Crippen molar-refractivity contribution < 1.29 is 13.2 Å². The summed E-state index contributed by atoms with van der Waals surface area (Å²) in [4.78, 5) is 30.3. The molecule has 0 aliphatic carbocycles. The van der Waals surface area contributed by atoms with E-state index in [0.29, 0.717) is 23.4 Å². The van der Waals surface area contributed by atoms with E-state index in [2.05, 4.69) is 15.3 Å². The third-order valence-corrected chi connectivity index (χ3v) is 4.92. The van der Waals surface area contributed by atoms with Gasteiger partial charge < -0.3 is 10.3 Å². The van der Waals surface area contributed by atoms with Crippen LogP contribution in [0.15, 0.2) is 28.2 Å². The highest BCUT2D eigenvalue weighted by Gasteiger charge is 2.14. The molecule has 0 radical (unpaired) electrons. The summed E-state index contributed by atoms with van der Waals surface area (Å²) >= 11 is 0. The molecule has 1 amide bonds. The topological polar surface area (TPSA) is 133 Å². The van der Waals surface area contributed by atoms with E-state index in [0.717, 1.165) is 11.8 Å². The van der Waals surface area contributed by atoms with E-state index >= 15 is 0 Å². The second kappa shape index (κ2) is 7.49. The number of anilines is 1. The Hall–Kier alpha value is -2.99. The first-order valence-corrected chi connectivity index (χ1v) is 9.61. The number of hydrogen-bond acceptors (Lipinski definition) is 6. The minimum absolute atomic E-state index is 0.0478. The summed E-state index contributed by atoms with van der Waals surface area (Å²) in [5.41, 5.74) is 1.94. The third-order valence-electron chi connectivity index (χ3n) is 3.92. The number of aryl methyl sites for hydroxylation is 1. The number of rotatable bonds is 5. The van der Waals surface area contributed by atoms with E-state index in [1.807, 2.05) is 6.07 Å². The highest BCUT2D eigenvalue weighted by Crippen LogP contribution is 2.16. The Labute approximate surface area is 150 Å². The van der Waals surface area contributed by atoms with Gasteiger partial charge in [-0.2, -0.15) is 5.26 Å². The summed E-state index contributed by atoms with van der Waals surface area (Å²) in [6, 6.07) is 4.66. The number of aromatic nitrogens is 2. The van der Waals surface area contributed by atoms with Crippen LogP contribution in [0.2, 0.25) is 0 Å². The zero-order valence-electron chi connectivity index (χ0n) is 14.6. The Morgan fingerprint density at radius 2 is 2.04 bits per heavy atom. The molecule has 0 spiro atoms. The summed E-state index contributed by atoms with van der Waals surface area (Å²) in [6.07, 6.45) is 2.81. The number of nitriles is 1. The molecule has 2 aromatic rings. The number of pyridine rings is 2. The fourth-order valence-electron chi connectivity index (χ4n) is 2.56. The lowest BCUT2D eigenvalue weighted by molar-refractivity contribution is -0.116. The Balaban J connectivity index is 2.08. The lowest BCUT2D eigenvalue weighted by atomic mass is 9.99. The molecule has 0 unspecified atom stereocenters. The molecule has 0 aliphatic heterocycles. The number of nitrogens with zero attached hydrogens (tertiary/aromatic N) is 2. The van der Waals surface area contributed by atoms with Gasteiger partial charge in [-0.15, -0.1) is 0 Å². The molecule has 0 atom stereocenters. The van der Waals surface area contributed by atoms with Crippen LogP contribution < -0.4 is 10.9 Å². The predicted octanol–water partition coefficient (Wildman–Crippen LogP) is 1.23. The molecule has 9 heteroatoms. The quantitative estimate of drug-likeness (QED) is 0.809. The van der Waals surface area contributed by atoms with E-state index in [4.69, 9.17) is 5.26 Å². The SMILES string of the molecule is Cc1[nH]c(=O)c(C#N)c(C)c1CCC(=O)Nc1ccc(S(C)(=O)=O)nc1. The van der Waals surface area contributed by atoms with Gasteiger partial charge in [0.05, 0.1) is 11.9 Å². The Morgan fingerprint density at radius 3 is 2.58 bits per heavy atom. The number of sulfone groups is 1. The number of carbonyl (C=O) groups is 1. The molecule has 26 heavy (non-hydrogen) atoms. The van der Waals surface area contributed by atoms with Crippen LogP contribution in [0.1, 0.15) is 28.8 Å². The maximum atomic E-state index is 12.1. The second-order valence-electron chi connectivity index (χ2n) is 5.87. The summed E-state index contributed by atoms with van der Waals surface area (Å²) in [5.74, 6) is -0.289. The van der Waals surface area contributed by atoms with E-state index in [9.17, 15) is 18.0 Å². The van der Waals surface area contributed by atoms with E-state index in [1.54, 1.807) is 13.8 Å². The Kier molecular flexibility index (Phi) is 5.57. The molecule has 2 heterocycles. The van der Waals surface area contributed by atoms with Crippen LogP contribution in [0.3, 0.4) is 0 Å². The number of H-pyrrole nitrogens is 1. The molecular weight excluding hydrogens is 356 g/mol. The van der Waals surface area contributed by atoms with Gasteiger partial charge in [-0.1, -0.05) is 0 Å². The maximum absolute atomic E-state index is 12.1. The molecular formula is C17H18N4O4S. The molecule has 0 aromatic carbocycles. The van der Waals surface area contributed by atoms with Crippen molar-refractivity contribution in [2.45, 2.75) is 31.7 Å². The molecule has 8 nitrogen and oxygen atoms in total. The minimum Gasteiger partial charge on any atom is -0.325 e. The number of amides is 1. The third kappa shape index (κ3) is 4.34. The van der Waals surface area contributed by atoms with Crippen molar-refractivity contribution in [3.8, 4) is 6.07 Å². The molecule has 0 bridgehead atoms. The van der Waals surface area contributed by atoms with Crippen LogP contribution in [0.4, 0.5) is 5.69 Å². The van der Waals surface area contributed by atoms with Crippen molar-refractivity contribution in [1.82, 2.24) is 9.97 Å². The normalized spacial score (nSPS) is 11.0. The lowest BCUT2D eigenvalue weighted by Crippen LogP contribution is -2.18. The molecule has 136 valence electrons. The van der Waals surface area contributed by atoms with Gasteiger partial charge in [0.25, 0.3) is 5.56 Å². The largest absolute Gasteiger partial charge is 0.325 e. The number of nitrogens with one attached hydrogen (secondary N) is 2. The first kappa shape index (κ1) is 19.3. The highest BCUT2D eigenvalue weighted by molar-refractivity contribution is 7.90. The highest BCUT2D eigenvalue weighted by atomic mass is 32.2. The lowest BCUT2D eigenvalue weighted by Gasteiger charge is -2.11. The summed E-state index contributed by atoms with van der Waals surface area (Å²) in [7, 11) is -3.39. The molecule has 0 saturated heterocycles. The fourth-order valence-corrected chi connectivity index (χ4v) is 3.12. The van der Waals surface area contributed by atoms with Crippen LogP contribution >= 0.6 is 0 Å². The molecule has 0 fully saturated rings. The predicted molar refractivity (Wildman–Crippen MR) is 95.5 cm³/mol. The van der Waals surface area contributed by atoms with Gasteiger partial charge in [0, 0.05) is 18.4 Å². The zero-order valence-corrected chi connectivity index (χ0v) is 15.4. The maximum Gasteiger partial charge on any atom is 0.266 e. The minimum atomic E-state index is -3.39. The Bertz CT molecular complexity index is 1050. The Morgan fingerprint density at radius 1 is 1.35 bits per heavy atom. The van der Waals surface area contributed by atoms with Gasteiger partial charge in [0.2, 0.25) is 5.91 Å². The van der Waals surface area contributed by atoms with E-state index in [-0.39, 0.29) is 22.9 Å². The van der Waals surface area contributed by atoms with E-state index < -0.39 is 15.4 Å². The molecule has 2 aromatic heterocycles. The zero-order chi connectivity index (χ0) is 19.5. The van der Waals surface area contributed by atoms with Gasteiger partial charge in [0.1, 0.15) is 11.6 Å². The first-order chi connectivity index (χ1) is 12.1.